The molecule has 0 aliphatic heterocycles. The zero-order valence-electron chi connectivity index (χ0n) is 12.9. The lowest BCUT2D eigenvalue weighted by Crippen LogP contribution is -2.27. The Bertz CT molecular complexity index is 697. The normalized spacial score (nSPS) is 11.1. The Labute approximate surface area is 133 Å². The molecule has 0 saturated carbocycles. The van der Waals surface area contributed by atoms with Crippen LogP contribution in [0.2, 0.25) is 0 Å². The number of oxazole rings is 1. The zero-order chi connectivity index (χ0) is 16.7. The first kappa shape index (κ1) is 16.3. The van der Waals surface area contributed by atoms with E-state index in [0.717, 1.165) is 0 Å². The number of guanidine groups is 1. The molecule has 2 heterocycles. The van der Waals surface area contributed by atoms with Crippen molar-refractivity contribution in [1.82, 2.24) is 20.6 Å². The van der Waals surface area contributed by atoms with Gasteiger partial charge in [0.2, 0.25) is 0 Å². The minimum Gasteiger partial charge on any atom is -0.450 e. The molecular weight excluding hydrogens is 300 g/mol. The number of hydrogen-bond donors (Lipinski definition) is 3. The van der Waals surface area contributed by atoms with Crippen molar-refractivity contribution in [1.29, 1.82) is 0 Å². The van der Waals surface area contributed by atoms with Gasteiger partial charge in [-0.3, -0.25) is 0 Å². The fraction of sp³-hybridized carbons (Fsp3) is 0.286. The second-order valence-corrected chi connectivity index (χ2v) is 4.35. The van der Waals surface area contributed by atoms with E-state index in [-0.39, 0.29) is 18.5 Å². The highest BCUT2D eigenvalue weighted by atomic mass is 16.5. The van der Waals surface area contributed by atoms with Crippen LogP contribution >= 0.6 is 0 Å². The van der Waals surface area contributed by atoms with Gasteiger partial charge < -0.3 is 25.5 Å². The standard InChI is InChI=1S/C14H18N6O3/c1-3-22-14(21)17-7-9-5-4-6-10(18-9)11-8-23-13(19-11)20-12(15)16-2/h4-6,8H,3,7H2,1-2H3,(H,17,21)(H3,15,16,19,20). The van der Waals surface area contributed by atoms with E-state index in [9.17, 15) is 4.79 Å². The van der Waals surface area contributed by atoms with Crippen LogP contribution in [0.25, 0.3) is 11.4 Å². The van der Waals surface area contributed by atoms with Crippen molar-refractivity contribution in [2.24, 2.45) is 10.7 Å². The van der Waals surface area contributed by atoms with Gasteiger partial charge in [-0.15, -0.1) is 0 Å². The summed E-state index contributed by atoms with van der Waals surface area (Å²) < 4.78 is 10.0. The summed E-state index contributed by atoms with van der Waals surface area (Å²) in [6, 6.07) is 5.50. The van der Waals surface area contributed by atoms with Gasteiger partial charge in [-0.2, -0.15) is 9.98 Å². The van der Waals surface area contributed by atoms with Crippen molar-refractivity contribution >= 4 is 18.1 Å². The van der Waals surface area contributed by atoms with Gasteiger partial charge in [0, 0.05) is 7.05 Å². The summed E-state index contributed by atoms with van der Waals surface area (Å²) in [5.41, 5.74) is 7.32. The number of amides is 1. The number of aromatic nitrogens is 2. The fourth-order valence-corrected chi connectivity index (χ4v) is 1.66. The maximum atomic E-state index is 11.3. The van der Waals surface area contributed by atoms with E-state index in [1.54, 1.807) is 26.1 Å². The van der Waals surface area contributed by atoms with Crippen molar-refractivity contribution < 1.29 is 13.9 Å². The average Bonchev–Trinajstić information content (AvgIpc) is 3.02. The van der Waals surface area contributed by atoms with Crippen molar-refractivity contribution in [3.63, 3.8) is 0 Å². The predicted molar refractivity (Wildman–Crippen MR) is 83.9 cm³/mol. The largest absolute Gasteiger partial charge is 0.450 e. The smallest absolute Gasteiger partial charge is 0.407 e. The quantitative estimate of drug-likeness (QED) is 0.557. The number of pyridine rings is 1. The van der Waals surface area contributed by atoms with Crippen molar-refractivity contribution in [2.45, 2.75) is 13.5 Å². The van der Waals surface area contributed by atoms with Crippen LogP contribution in [0, 0.1) is 0 Å². The Morgan fingerprint density at radius 3 is 2.96 bits per heavy atom. The van der Waals surface area contributed by atoms with Gasteiger partial charge in [-0.1, -0.05) is 6.07 Å². The van der Waals surface area contributed by atoms with Crippen LogP contribution in [0.5, 0.6) is 0 Å². The van der Waals surface area contributed by atoms with Crippen LogP contribution in [0.4, 0.5) is 10.8 Å². The van der Waals surface area contributed by atoms with Gasteiger partial charge >= 0.3 is 12.1 Å². The highest BCUT2D eigenvalue weighted by molar-refractivity contribution is 5.79. The number of ether oxygens (including phenoxy) is 1. The topological polar surface area (TPSA) is 128 Å². The monoisotopic (exact) mass is 318 g/mol. The molecular formula is C14H18N6O3. The van der Waals surface area contributed by atoms with Crippen LogP contribution in [-0.4, -0.2) is 35.7 Å². The fourth-order valence-electron chi connectivity index (χ4n) is 1.66. The molecule has 0 unspecified atom stereocenters. The van der Waals surface area contributed by atoms with Gasteiger partial charge in [0.25, 0.3) is 0 Å². The van der Waals surface area contributed by atoms with Crippen LogP contribution in [0.15, 0.2) is 33.9 Å². The van der Waals surface area contributed by atoms with Gasteiger partial charge in [-0.05, 0) is 19.1 Å². The number of carbonyl (C=O) groups excluding carboxylic acids is 1. The summed E-state index contributed by atoms with van der Waals surface area (Å²) in [6.45, 7) is 2.31. The van der Waals surface area contributed by atoms with Crippen LogP contribution in [0.1, 0.15) is 12.6 Å². The molecule has 0 aromatic carbocycles. The molecule has 9 heteroatoms. The Hall–Kier alpha value is -3.10. The lowest BCUT2D eigenvalue weighted by Gasteiger charge is -2.05. The lowest BCUT2D eigenvalue weighted by atomic mass is 10.2. The third-order valence-electron chi connectivity index (χ3n) is 2.72. The predicted octanol–water partition coefficient (Wildman–Crippen LogP) is 1.15. The van der Waals surface area contributed by atoms with E-state index in [1.165, 1.54) is 6.26 Å². The Morgan fingerprint density at radius 2 is 2.22 bits per heavy atom. The Kier molecular flexibility index (Phi) is 5.50. The summed E-state index contributed by atoms with van der Waals surface area (Å²) in [5.74, 6) is 0.193. The number of rotatable bonds is 5. The van der Waals surface area contributed by atoms with Gasteiger partial charge in [0.05, 0.1) is 24.5 Å². The minimum absolute atomic E-state index is 0.128. The molecule has 0 bridgehead atoms. The average molecular weight is 318 g/mol. The zero-order valence-corrected chi connectivity index (χ0v) is 12.9. The van der Waals surface area contributed by atoms with E-state index in [2.05, 4.69) is 25.6 Å². The van der Waals surface area contributed by atoms with Crippen LogP contribution in [-0.2, 0) is 11.3 Å². The lowest BCUT2D eigenvalue weighted by molar-refractivity contribution is 0.151. The third-order valence-corrected chi connectivity index (χ3v) is 2.72. The van der Waals surface area contributed by atoms with Crippen LogP contribution < -0.4 is 16.4 Å². The molecule has 1 amide bonds. The molecule has 4 N–H and O–H groups in total. The number of nitrogens with two attached hydrogens (primary N) is 1. The molecule has 9 nitrogen and oxygen atoms in total. The SMILES string of the molecule is CCOC(=O)NCc1cccc(-c2coc(/N=C(\N)NC)n2)n1. The summed E-state index contributed by atoms with van der Waals surface area (Å²) in [5, 5.41) is 5.27. The van der Waals surface area contributed by atoms with E-state index < -0.39 is 6.09 Å². The molecule has 0 atom stereocenters. The molecule has 122 valence electrons. The highest BCUT2D eigenvalue weighted by Gasteiger charge is 2.09. The number of hydrogen-bond acceptors (Lipinski definition) is 6. The first-order valence-corrected chi connectivity index (χ1v) is 6.96. The maximum Gasteiger partial charge on any atom is 0.407 e. The van der Waals surface area contributed by atoms with Crippen molar-refractivity contribution in [3.8, 4) is 11.4 Å². The maximum absolute atomic E-state index is 11.3. The number of carbonyl (C=O) groups is 1. The molecule has 0 fully saturated rings. The molecule has 23 heavy (non-hydrogen) atoms. The molecule has 2 aromatic rings. The Morgan fingerprint density at radius 1 is 1.39 bits per heavy atom. The second kappa shape index (κ2) is 7.78. The third kappa shape index (κ3) is 4.70. The molecule has 0 spiro atoms. The van der Waals surface area contributed by atoms with E-state index in [4.69, 9.17) is 14.9 Å². The second-order valence-electron chi connectivity index (χ2n) is 4.35. The highest BCUT2D eigenvalue weighted by Crippen LogP contribution is 2.20. The van der Waals surface area contributed by atoms with E-state index in [0.29, 0.717) is 23.7 Å². The number of nitrogens with one attached hydrogen (secondary N) is 2. The van der Waals surface area contributed by atoms with E-state index >= 15 is 0 Å². The molecule has 0 aliphatic carbocycles. The summed E-state index contributed by atoms with van der Waals surface area (Å²) in [7, 11) is 1.64. The number of aliphatic imine (C=N–C) groups is 1. The summed E-state index contributed by atoms with van der Waals surface area (Å²) >= 11 is 0. The van der Waals surface area contributed by atoms with E-state index in [1.807, 2.05) is 6.07 Å². The first-order valence-electron chi connectivity index (χ1n) is 6.96. The summed E-state index contributed by atoms with van der Waals surface area (Å²) in [4.78, 5) is 23.8. The van der Waals surface area contributed by atoms with Gasteiger partial charge in [0.15, 0.2) is 5.96 Å². The molecule has 0 radical (unpaired) electrons. The Balaban J connectivity index is 2.09. The van der Waals surface area contributed by atoms with Crippen molar-refractivity contribution in [2.75, 3.05) is 13.7 Å². The summed E-state index contributed by atoms with van der Waals surface area (Å²) in [6.07, 6.45) is 0.951. The molecule has 0 saturated heterocycles. The van der Waals surface area contributed by atoms with Gasteiger partial charge in [-0.25, -0.2) is 9.78 Å². The van der Waals surface area contributed by atoms with Crippen LogP contribution in [0.3, 0.4) is 0 Å². The molecule has 2 rings (SSSR count). The number of nitrogens with zero attached hydrogens (tertiary/aromatic N) is 3. The minimum atomic E-state index is -0.486. The molecule has 0 aliphatic rings. The van der Waals surface area contributed by atoms with Gasteiger partial charge in [0.1, 0.15) is 12.0 Å². The molecule has 2 aromatic heterocycles. The first-order chi connectivity index (χ1) is 11.1. The number of alkyl carbamates (subject to hydrolysis) is 1. The van der Waals surface area contributed by atoms with Crippen molar-refractivity contribution in [3.05, 3.63) is 30.2 Å².